The lowest BCUT2D eigenvalue weighted by atomic mass is 10.2. The van der Waals surface area contributed by atoms with E-state index in [9.17, 15) is 18.7 Å². The molecule has 0 radical (unpaired) electrons. The van der Waals surface area contributed by atoms with Crippen LogP contribution in [-0.2, 0) is 7.05 Å². The first-order chi connectivity index (χ1) is 15.7. The number of nitrogens with zero attached hydrogens (tertiary/aromatic N) is 4. The molecule has 1 atom stereocenters. The van der Waals surface area contributed by atoms with E-state index in [-0.39, 0.29) is 11.3 Å². The quantitative estimate of drug-likeness (QED) is 0.446. The van der Waals surface area contributed by atoms with E-state index in [4.69, 9.17) is 11.6 Å². The van der Waals surface area contributed by atoms with Gasteiger partial charge in [0.2, 0.25) is 0 Å². The lowest BCUT2D eigenvalue weighted by Crippen LogP contribution is -2.24. The van der Waals surface area contributed by atoms with Crippen molar-refractivity contribution in [2.24, 2.45) is 7.05 Å². The maximum Gasteiger partial charge on any atom is 0.487 e. The standard InChI is InChI=1S/C21H21ClF2N6O3/c1-29-18(6-8-26-29)28-17-10-13(11-25-19(17)30-9-7-15(31)12-30)20(32)27-14-2-4-16(5-3-14)33-21(22,23)24/h2-6,8,10-11,15,28,31H,7,9,12H2,1H3,(H,27,32). The van der Waals surface area contributed by atoms with Crippen LogP contribution in [0.1, 0.15) is 16.8 Å². The molecule has 1 fully saturated rings. The summed E-state index contributed by atoms with van der Waals surface area (Å²) in [7, 11) is 1.78. The zero-order chi connectivity index (χ0) is 23.6. The summed E-state index contributed by atoms with van der Waals surface area (Å²) in [6.07, 6.45) is 3.27. The van der Waals surface area contributed by atoms with Gasteiger partial charge in [-0.1, -0.05) is 0 Å². The summed E-state index contributed by atoms with van der Waals surface area (Å²) in [5.41, 5.74) is -2.59. The van der Waals surface area contributed by atoms with Crippen LogP contribution in [0.4, 0.5) is 31.8 Å². The average Bonchev–Trinajstić information content (AvgIpc) is 3.36. The molecule has 0 saturated carbocycles. The number of ether oxygens (including phenoxy) is 1. The third kappa shape index (κ3) is 5.68. The molecule has 1 aliphatic rings. The number of hydrogen-bond acceptors (Lipinski definition) is 7. The van der Waals surface area contributed by atoms with Gasteiger partial charge in [0.05, 0.1) is 23.6 Å². The predicted octanol–water partition coefficient (Wildman–Crippen LogP) is 3.55. The number of alkyl halides is 3. The Kier molecular flexibility index (Phi) is 6.34. The highest BCUT2D eigenvalue weighted by molar-refractivity contribution is 6.20. The van der Waals surface area contributed by atoms with E-state index in [1.807, 2.05) is 4.90 Å². The van der Waals surface area contributed by atoms with Crippen molar-refractivity contribution in [3.8, 4) is 5.75 Å². The predicted molar refractivity (Wildman–Crippen MR) is 119 cm³/mol. The van der Waals surface area contributed by atoms with Crippen LogP contribution < -0.4 is 20.3 Å². The summed E-state index contributed by atoms with van der Waals surface area (Å²) in [5.74, 6) is 0.712. The molecular weight excluding hydrogens is 458 g/mol. The van der Waals surface area contributed by atoms with Gasteiger partial charge in [-0.15, -0.1) is 8.78 Å². The third-order valence-electron chi connectivity index (χ3n) is 5.02. The molecule has 1 aliphatic heterocycles. The van der Waals surface area contributed by atoms with Gasteiger partial charge in [0, 0.05) is 49.7 Å². The number of β-amino-alcohol motifs (C(OH)–C–C–N with tert-alkyl or cyclic N) is 1. The number of aliphatic hydroxyl groups is 1. The van der Waals surface area contributed by atoms with Crippen molar-refractivity contribution in [1.29, 1.82) is 0 Å². The number of amides is 1. The second-order valence-corrected chi connectivity index (χ2v) is 7.92. The maximum atomic E-state index is 12.8. The first-order valence-electron chi connectivity index (χ1n) is 10.0. The Balaban J connectivity index is 1.55. The van der Waals surface area contributed by atoms with Crippen molar-refractivity contribution in [2.45, 2.75) is 18.1 Å². The van der Waals surface area contributed by atoms with Gasteiger partial charge in [0.25, 0.3) is 5.91 Å². The molecule has 1 amide bonds. The van der Waals surface area contributed by atoms with Crippen LogP contribution in [0, 0.1) is 0 Å². The summed E-state index contributed by atoms with van der Waals surface area (Å²) >= 11 is 4.75. The Morgan fingerprint density at radius 1 is 1.30 bits per heavy atom. The number of aliphatic hydroxyl groups excluding tert-OH is 1. The summed E-state index contributed by atoms with van der Waals surface area (Å²) in [4.78, 5) is 19.2. The fourth-order valence-corrected chi connectivity index (χ4v) is 3.53. The van der Waals surface area contributed by atoms with Gasteiger partial charge in [0.15, 0.2) is 5.82 Å². The smallest absolute Gasteiger partial charge is 0.420 e. The van der Waals surface area contributed by atoms with Gasteiger partial charge < -0.3 is 25.4 Å². The fraction of sp³-hybridized carbons (Fsp3) is 0.286. The number of carbonyl (C=O) groups is 1. The first-order valence-corrected chi connectivity index (χ1v) is 10.4. The molecule has 1 unspecified atom stereocenters. The Morgan fingerprint density at radius 3 is 2.67 bits per heavy atom. The molecule has 1 aromatic carbocycles. The Bertz CT molecular complexity index is 1140. The van der Waals surface area contributed by atoms with E-state index in [1.54, 1.807) is 30.1 Å². The molecule has 9 nitrogen and oxygen atoms in total. The number of anilines is 4. The van der Waals surface area contributed by atoms with Crippen LogP contribution in [0.5, 0.6) is 5.75 Å². The summed E-state index contributed by atoms with van der Waals surface area (Å²) < 4.78 is 31.4. The third-order valence-corrected chi connectivity index (χ3v) is 5.10. The number of hydrogen-bond donors (Lipinski definition) is 3. The van der Waals surface area contributed by atoms with Crippen LogP contribution >= 0.6 is 11.6 Å². The number of pyridine rings is 1. The van der Waals surface area contributed by atoms with Gasteiger partial charge in [-0.2, -0.15) is 5.10 Å². The number of aryl methyl sites for hydroxylation is 1. The lowest BCUT2D eigenvalue weighted by Gasteiger charge is -2.21. The van der Waals surface area contributed by atoms with Crippen molar-refractivity contribution >= 4 is 40.5 Å². The molecular formula is C21H21ClF2N6O3. The Hall–Kier alpha value is -3.44. The molecule has 4 rings (SSSR count). The zero-order valence-electron chi connectivity index (χ0n) is 17.5. The van der Waals surface area contributed by atoms with Crippen LogP contribution in [0.3, 0.4) is 0 Å². The van der Waals surface area contributed by atoms with Gasteiger partial charge in [0.1, 0.15) is 11.6 Å². The van der Waals surface area contributed by atoms with Crippen molar-refractivity contribution in [1.82, 2.24) is 14.8 Å². The minimum absolute atomic E-state index is 0.144. The van der Waals surface area contributed by atoms with Gasteiger partial charge >= 0.3 is 5.57 Å². The molecule has 3 N–H and O–H groups in total. The van der Waals surface area contributed by atoms with E-state index in [2.05, 4.69) is 25.5 Å². The number of halogens is 3. The van der Waals surface area contributed by atoms with Crippen molar-refractivity contribution in [2.75, 3.05) is 28.6 Å². The molecule has 174 valence electrons. The summed E-state index contributed by atoms with van der Waals surface area (Å²) in [6, 6.07) is 8.79. The van der Waals surface area contributed by atoms with Crippen molar-refractivity contribution in [3.05, 3.63) is 54.4 Å². The zero-order valence-corrected chi connectivity index (χ0v) is 18.3. The normalized spacial score (nSPS) is 16.0. The first kappa shape index (κ1) is 22.7. The minimum Gasteiger partial charge on any atom is -0.420 e. The van der Waals surface area contributed by atoms with Gasteiger partial charge in [-0.3, -0.25) is 9.48 Å². The van der Waals surface area contributed by atoms with E-state index in [0.29, 0.717) is 42.5 Å². The number of rotatable bonds is 7. The van der Waals surface area contributed by atoms with Crippen molar-refractivity contribution in [3.63, 3.8) is 0 Å². The summed E-state index contributed by atoms with van der Waals surface area (Å²) in [5, 5.41) is 20.0. The maximum absolute atomic E-state index is 12.8. The Labute approximate surface area is 192 Å². The highest BCUT2D eigenvalue weighted by Gasteiger charge is 2.27. The summed E-state index contributed by atoms with van der Waals surface area (Å²) in [6.45, 7) is 1.07. The van der Waals surface area contributed by atoms with Crippen molar-refractivity contribution < 1.29 is 23.4 Å². The van der Waals surface area contributed by atoms with E-state index in [0.717, 1.165) is 0 Å². The molecule has 0 bridgehead atoms. The highest BCUT2D eigenvalue weighted by Crippen LogP contribution is 2.31. The van der Waals surface area contributed by atoms with E-state index >= 15 is 0 Å². The average molecular weight is 479 g/mol. The number of nitrogens with one attached hydrogen (secondary N) is 2. The van der Waals surface area contributed by atoms with E-state index < -0.39 is 17.6 Å². The molecule has 2 aromatic heterocycles. The van der Waals surface area contributed by atoms with Gasteiger partial charge in [-0.05, 0) is 36.8 Å². The number of benzene rings is 1. The van der Waals surface area contributed by atoms with Gasteiger partial charge in [-0.25, -0.2) is 4.98 Å². The molecule has 0 spiro atoms. The lowest BCUT2D eigenvalue weighted by molar-refractivity contribution is -0.0964. The SMILES string of the molecule is Cn1nccc1Nc1cc(C(=O)Nc2ccc(OC(F)(F)Cl)cc2)cnc1N1CCC(O)C1. The van der Waals surface area contributed by atoms with E-state index in [1.165, 1.54) is 30.5 Å². The second kappa shape index (κ2) is 9.20. The van der Waals surface area contributed by atoms with Crippen LogP contribution in [-0.4, -0.2) is 50.5 Å². The molecule has 33 heavy (non-hydrogen) atoms. The van der Waals surface area contributed by atoms with Crippen LogP contribution in [0.25, 0.3) is 0 Å². The Morgan fingerprint density at radius 2 is 2.06 bits per heavy atom. The molecule has 12 heteroatoms. The number of aromatic nitrogens is 3. The second-order valence-electron chi connectivity index (χ2n) is 7.48. The van der Waals surface area contributed by atoms with Crippen LogP contribution in [0.15, 0.2) is 48.8 Å². The molecule has 0 aliphatic carbocycles. The molecule has 3 heterocycles. The fourth-order valence-electron chi connectivity index (χ4n) is 3.44. The topological polar surface area (TPSA) is 105 Å². The monoisotopic (exact) mass is 478 g/mol. The molecule has 3 aromatic rings. The van der Waals surface area contributed by atoms with Crippen LogP contribution in [0.2, 0.25) is 0 Å². The number of carbonyl (C=O) groups excluding carboxylic acids is 1. The minimum atomic E-state index is -3.82. The highest BCUT2D eigenvalue weighted by atomic mass is 35.5. The largest absolute Gasteiger partial charge is 0.487 e. The molecule has 1 saturated heterocycles.